The minimum Gasteiger partial charge on any atom is -0.443 e. The van der Waals surface area contributed by atoms with Crippen LogP contribution in [0.1, 0.15) is 20.7 Å². The number of hydrogen-bond donors (Lipinski definition) is 2. The van der Waals surface area contributed by atoms with Crippen LogP contribution in [0, 0.1) is 0 Å². The van der Waals surface area contributed by atoms with E-state index in [1.165, 1.54) is 37.1 Å². The fourth-order valence-electron chi connectivity index (χ4n) is 3.37. The SMILES string of the molecule is Brc1ccc2ocnc2c1.O=Cc1ccc(-c2ccc3ocnc3c2)cc1.O=Cc1ccc(B(O)O)cc1. The summed E-state index contributed by atoms with van der Waals surface area (Å²) >= 11 is 3.34. The highest BCUT2D eigenvalue weighted by atomic mass is 79.9. The van der Waals surface area contributed by atoms with E-state index in [2.05, 4.69) is 25.9 Å². The van der Waals surface area contributed by atoms with Crippen molar-refractivity contribution in [3.63, 3.8) is 0 Å². The van der Waals surface area contributed by atoms with E-state index in [1.807, 2.05) is 48.5 Å². The number of oxazole rings is 2. The van der Waals surface area contributed by atoms with Crippen molar-refractivity contribution < 1.29 is 28.5 Å². The molecule has 2 N–H and O–H groups in total. The molecule has 0 aliphatic rings. The molecule has 0 radical (unpaired) electrons. The van der Waals surface area contributed by atoms with Gasteiger partial charge in [-0.1, -0.05) is 70.5 Å². The lowest BCUT2D eigenvalue weighted by Crippen LogP contribution is -2.29. The summed E-state index contributed by atoms with van der Waals surface area (Å²) < 4.78 is 11.3. The molecule has 6 rings (SSSR count). The first kappa shape index (κ1) is 26.7. The van der Waals surface area contributed by atoms with Crippen molar-refractivity contribution in [2.75, 3.05) is 0 Å². The molecule has 0 saturated carbocycles. The Morgan fingerprint density at radius 2 is 1.16 bits per heavy atom. The van der Waals surface area contributed by atoms with Crippen LogP contribution in [0.2, 0.25) is 0 Å². The number of carbonyl (C=O) groups excluding carboxylic acids is 2. The van der Waals surface area contributed by atoms with Crippen LogP contribution in [0.3, 0.4) is 0 Å². The second kappa shape index (κ2) is 12.7. The van der Waals surface area contributed by atoms with Crippen molar-refractivity contribution in [1.29, 1.82) is 0 Å². The van der Waals surface area contributed by atoms with Crippen LogP contribution < -0.4 is 5.46 Å². The Balaban J connectivity index is 0.000000140. The lowest BCUT2D eigenvalue weighted by atomic mass is 9.80. The molecule has 188 valence electrons. The standard InChI is InChI=1S/C14H9NO2.C7H7BO3.C7H4BrNO/c16-8-10-1-3-11(4-2-10)12-5-6-14-13(7-12)15-9-17-14;9-5-6-1-3-7(4-2-6)8(10)11;8-5-1-2-7-6(3-5)9-4-10-7/h1-9H;1-5,10-11H;1-4H. The predicted molar refractivity (Wildman–Crippen MR) is 148 cm³/mol. The first-order chi connectivity index (χ1) is 18.5. The van der Waals surface area contributed by atoms with Crippen molar-refractivity contribution in [2.45, 2.75) is 0 Å². The topological polar surface area (TPSA) is 127 Å². The van der Waals surface area contributed by atoms with Crippen LogP contribution in [-0.2, 0) is 0 Å². The molecule has 6 aromatic rings. The van der Waals surface area contributed by atoms with Crippen molar-refractivity contribution in [3.8, 4) is 11.1 Å². The third kappa shape index (κ3) is 6.89. The first-order valence-corrected chi connectivity index (χ1v) is 12.0. The van der Waals surface area contributed by atoms with Gasteiger partial charge in [0.05, 0.1) is 0 Å². The summed E-state index contributed by atoms with van der Waals surface area (Å²) in [7, 11) is -1.46. The van der Waals surface area contributed by atoms with Gasteiger partial charge in [-0.05, 0) is 46.9 Å². The molecule has 0 spiro atoms. The molecule has 2 heterocycles. The van der Waals surface area contributed by atoms with E-state index in [1.54, 1.807) is 12.1 Å². The van der Waals surface area contributed by atoms with Gasteiger partial charge in [0.1, 0.15) is 23.6 Å². The van der Waals surface area contributed by atoms with Crippen LogP contribution >= 0.6 is 15.9 Å². The van der Waals surface area contributed by atoms with Crippen LogP contribution in [0.5, 0.6) is 0 Å². The molecule has 0 aliphatic carbocycles. The molecule has 0 amide bonds. The molecule has 0 saturated heterocycles. The highest BCUT2D eigenvalue weighted by molar-refractivity contribution is 9.10. The van der Waals surface area contributed by atoms with Crippen molar-refractivity contribution in [2.24, 2.45) is 0 Å². The quantitative estimate of drug-likeness (QED) is 0.222. The molecule has 0 unspecified atom stereocenters. The third-order valence-electron chi connectivity index (χ3n) is 5.37. The molecule has 0 fully saturated rings. The molecule has 0 aliphatic heterocycles. The number of hydrogen-bond acceptors (Lipinski definition) is 8. The molecule has 0 bridgehead atoms. The minimum atomic E-state index is -1.46. The number of fused-ring (bicyclic) bond motifs is 2. The largest absolute Gasteiger partial charge is 0.488 e. The zero-order valence-electron chi connectivity index (χ0n) is 19.8. The van der Waals surface area contributed by atoms with E-state index < -0.39 is 7.12 Å². The molecule has 2 aromatic heterocycles. The lowest BCUT2D eigenvalue weighted by Gasteiger charge is -2.01. The number of carbonyl (C=O) groups is 2. The van der Waals surface area contributed by atoms with Gasteiger partial charge in [-0.2, -0.15) is 0 Å². The Morgan fingerprint density at radius 1 is 0.658 bits per heavy atom. The number of halogens is 1. The number of aromatic nitrogens is 2. The van der Waals surface area contributed by atoms with Gasteiger partial charge in [0.2, 0.25) is 0 Å². The Hall–Kier alpha value is -4.38. The molecule has 10 heteroatoms. The Bertz CT molecular complexity index is 1650. The summed E-state index contributed by atoms with van der Waals surface area (Å²) in [6, 6.07) is 25.1. The van der Waals surface area contributed by atoms with Crippen LogP contribution in [0.4, 0.5) is 0 Å². The zero-order valence-corrected chi connectivity index (χ0v) is 21.4. The molecule has 38 heavy (non-hydrogen) atoms. The Labute approximate surface area is 225 Å². The van der Waals surface area contributed by atoms with Gasteiger partial charge >= 0.3 is 7.12 Å². The van der Waals surface area contributed by atoms with Crippen LogP contribution in [0.15, 0.2) is 111 Å². The van der Waals surface area contributed by atoms with Crippen molar-refractivity contribution in [3.05, 3.63) is 113 Å². The van der Waals surface area contributed by atoms with E-state index in [0.717, 1.165) is 44.1 Å². The fraction of sp³-hybridized carbons (Fsp3) is 0. The second-order valence-electron chi connectivity index (χ2n) is 7.90. The average Bonchev–Trinajstić information content (AvgIpc) is 3.62. The van der Waals surface area contributed by atoms with Gasteiger partial charge in [-0.3, -0.25) is 9.59 Å². The van der Waals surface area contributed by atoms with E-state index in [-0.39, 0.29) is 0 Å². The minimum absolute atomic E-state index is 0.385. The van der Waals surface area contributed by atoms with Gasteiger partial charge in [0.25, 0.3) is 0 Å². The first-order valence-electron chi connectivity index (χ1n) is 11.3. The van der Waals surface area contributed by atoms with Crippen molar-refractivity contribution in [1.82, 2.24) is 9.97 Å². The summed E-state index contributed by atoms with van der Waals surface area (Å²) in [6.45, 7) is 0. The maximum atomic E-state index is 10.6. The third-order valence-corrected chi connectivity index (χ3v) is 5.87. The van der Waals surface area contributed by atoms with Gasteiger partial charge in [0, 0.05) is 15.6 Å². The predicted octanol–water partition coefficient (Wildman–Crippen LogP) is 5.08. The fourth-order valence-corrected chi connectivity index (χ4v) is 3.72. The van der Waals surface area contributed by atoms with Gasteiger partial charge in [-0.15, -0.1) is 0 Å². The van der Waals surface area contributed by atoms with Gasteiger partial charge < -0.3 is 18.9 Å². The van der Waals surface area contributed by atoms with Crippen molar-refractivity contribution >= 4 is 63.3 Å². The lowest BCUT2D eigenvalue weighted by molar-refractivity contribution is 0.111. The van der Waals surface area contributed by atoms with Gasteiger partial charge in [0.15, 0.2) is 24.0 Å². The molecular formula is C28H20BBrN2O6. The van der Waals surface area contributed by atoms with Crippen LogP contribution in [0.25, 0.3) is 33.3 Å². The average molecular weight is 571 g/mol. The summed E-state index contributed by atoms with van der Waals surface area (Å²) in [6.07, 6.45) is 4.42. The molecule has 0 atom stereocenters. The van der Waals surface area contributed by atoms with E-state index in [0.29, 0.717) is 22.9 Å². The normalized spacial score (nSPS) is 10.2. The highest BCUT2D eigenvalue weighted by Gasteiger charge is 2.09. The monoisotopic (exact) mass is 570 g/mol. The second-order valence-corrected chi connectivity index (χ2v) is 8.81. The van der Waals surface area contributed by atoms with Gasteiger partial charge in [-0.25, -0.2) is 9.97 Å². The smallest absolute Gasteiger partial charge is 0.443 e. The Morgan fingerprint density at radius 3 is 1.71 bits per heavy atom. The summed E-state index contributed by atoms with van der Waals surface area (Å²) in [5.41, 5.74) is 7.02. The summed E-state index contributed by atoms with van der Waals surface area (Å²) in [4.78, 5) is 28.8. The molecular weight excluding hydrogens is 551 g/mol. The van der Waals surface area contributed by atoms with E-state index in [9.17, 15) is 9.59 Å². The number of nitrogens with zero attached hydrogens (tertiary/aromatic N) is 2. The maximum Gasteiger partial charge on any atom is 0.488 e. The zero-order chi connectivity index (χ0) is 26.9. The number of rotatable bonds is 4. The number of aldehydes is 2. The van der Waals surface area contributed by atoms with E-state index in [4.69, 9.17) is 18.9 Å². The van der Waals surface area contributed by atoms with E-state index >= 15 is 0 Å². The summed E-state index contributed by atoms with van der Waals surface area (Å²) in [5.74, 6) is 0. The molecule has 8 nitrogen and oxygen atoms in total. The number of benzene rings is 4. The maximum absolute atomic E-state index is 10.6. The highest BCUT2D eigenvalue weighted by Crippen LogP contribution is 2.24. The van der Waals surface area contributed by atoms with Crippen LogP contribution in [-0.4, -0.2) is 39.7 Å². The molecule has 4 aromatic carbocycles. The summed E-state index contributed by atoms with van der Waals surface area (Å²) in [5, 5.41) is 17.3. The Kier molecular flexibility index (Phi) is 8.94.